The van der Waals surface area contributed by atoms with E-state index in [0.717, 1.165) is 6.42 Å². The van der Waals surface area contributed by atoms with Gasteiger partial charge in [0.1, 0.15) is 5.25 Å². The zero-order valence-electron chi connectivity index (χ0n) is 12.6. The summed E-state index contributed by atoms with van der Waals surface area (Å²) in [4.78, 5) is 28.7. The molecule has 0 aliphatic heterocycles. The fraction of sp³-hybridized carbons (Fsp3) is 0.400. The molecule has 1 aromatic carbocycles. The second-order valence-electron chi connectivity index (χ2n) is 4.80. The Balaban J connectivity index is 2.57. The van der Waals surface area contributed by atoms with Gasteiger partial charge in [0, 0.05) is 11.6 Å². The van der Waals surface area contributed by atoms with Gasteiger partial charge in [-0.3, -0.25) is 14.2 Å². The van der Waals surface area contributed by atoms with Crippen molar-refractivity contribution in [1.29, 1.82) is 0 Å². The van der Waals surface area contributed by atoms with Crippen LogP contribution in [0, 0.1) is 0 Å². The molecule has 7 heteroatoms. The molecule has 0 radical (unpaired) electrons. The monoisotopic (exact) mass is 340 g/mol. The predicted octanol–water partition coefficient (Wildman–Crippen LogP) is 3.11. The van der Waals surface area contributed by atoms with E-state index in [-0.39, 0.29) is 11.5 Å². The normalized spacial score (nSPS) is 12.4. The lowest BCUT2D eigenvalue weighted by Crippen LogP contribution is -2.25. The maximum absolute atomic E-state index is 12.6. The van der Waals surface area contributed by atoms with E-state index in [1.54, 1.807) is 29.7 Å². The minimum Gasteiger partial charge on any atom is -0.468 e. The van der Waals surface area contributed by atoms with Gasteiger partial charge in [0.05, 0.1) is 18.0 Å². The molecule has 0 aliphatic carbocycles. The van der Waals surface area contributed by atoms with Gasteiger partial charge in [-0.25, -0.2) is 4.98 Å². The molecule has 0 spiro atoms. The van der Waals surface area contributed by atoms with Crippen LogP contribution in [0.3, 0.4) is 0 Å². The molecular weight excluding hydrogens is 324 g/mol. The quantitative estimate of drug-likeness (QED) is 0.475. The summed E-state index contributed by atoms with van der Waals surface area (Å²) in [6.07, 6.45) is 0.793. The lowest BCUT2D eigenvalue weighted by Gasteiger charge is -2.14. The van der Waals surface area contributed by atoms with E-state index in [9.17, 15) is 9.59 Å². The van der Waals surface area contributed by atoms with Crippen molar-refractivity contribution in [2.24, 2.45) is 0 Å². The Morgan fingerprint density at radius 2 is 2.23 bits per heavy atom. The highest BCUT2D eigenvalue weighted by Gasteiger charge is 2.19. The fourth-order valence-corrected chi connectivity index (χ4v) is 3.18. The van der Waals surface area contributed by atoms with Crippen LogP contribution >= 0.6 is 23.4 Å². The van der Waals surface area contributed by atoms with Crippen LogP contribution in [0.25, 0.3) is 10.9 Å². The number of hydrogen-bond donors (Lipinski definition) is 0. The summed E-state index contributed by atoms with van der Waals surface area (Å²) in [6, 6.07) is 5.01. The standard InChI is InChI=1S/C15H17ClN2O3S/c1-4-7-18-13(19)11-6-5-10(16)8-12(11)17-15(18)22-9(2)14(20)21-3/h5-6,8-9H,4,7H2,1-3H3. The molecule has 2 rings (SSSR count). The summed E-state index contributed by atoms with van der Waals surface area (Å²) in [5.41, 5.74) is 0.410. The second kappa shape index (κ2) is 7.15. The zero-order chi connectivity index (χ0) is 16.3. The van der Waals surface area contributed by atoms with Gasteiger partial charge in [0.25, 0.3) is 5.56 Å². The molecule has 0 amide bonds. The number of fused-ring (bicyclic) bond motifs is 1. The third kappa shape index (κ3) is 3.44. The van der Waals surface area contributed by atoms with Crippen molar-refractivity contribution in [2.45, 2.75) is 37.2 Å². The van der Waals surface area contributed by atoms with E-state index in [4.69, 9.17) is 16.3 Å². The highest BCUT2D eigenvalue weighted by Crippen LogP contribution is 2.24. The molecule has 0 saturated carbocycles. The summed E-state index contributed by atoms with van der Waals surface area (Å²) >= 11 is 7.19. The number of benzene rings is 1. The van der Waals surface area contributed by atoms with E-state index in [1.165, 1.54) is 18.9 Å². The molecule has 2 aromatic rings. The van der Waals surface area contributed by atoms with Gasteiger partial charge in [-0.1, -0.05) is 30.3 Å². The van der Waals surface area contributed by atoms with Crippen molar-refractivity contribution in [3.63, 3.8) is 0 Å². The van der Waals surface area contributed by atoms with Gasteiger partial charge in [0.15, 0.2) is 5.16 Å². The summed E-state index contributed by atoms with van der Waals surface area (Å²) in [7, 11) is 1.34. The van der Waals surface area contributed by atoms with Gasteiger partial charge in [-0.2, -0.15) is 0 Å². The van der Waals surface area contributed by atoms with Crippen molar-refractivity contribution in [3.05, 3.63) is 33.6 Å². The second-order valence-corrected chi connectivity index (χ2v) is 6.54. The summed E-state index contributed by atoms with van der Waals surface area (Å²) in [5, 5.41) is 1.09. The van der Waals surface area contributed by atoms with Gasteiger partial charge in [-0.15, -0.1) is 0 Å². The van der Waals surface area contributed by atoms with Crippen molar-refractivity contribution >= 4 is 40.2 Å². The predicted molar refractivity (Wildman–Crippen MR) is 88.6 cm³/mol. The number of ether oxygens (including phenoxy) is 1. The number of halogens is 1. The average molecular weight is 341 g/mol. The minimum atomic E-state index is -0.448. The van der Waals surface area contributed by atoms with Crippen molar-refractivity contribution in [1.82, 2.24) is 9.55 Å². The third-order valence-electron chi connectivity index (χ3n) is 3.14. The minimum absolute atomic E-state index is 0.122. The lowest BCUT2D eigenvalue weighted by molar-refractivity contribution is -0.139. The maximum Gasteiger partial charge on any atom is 0.318 e. The van der Waals surface area contributed by atoms with Crippen LogP contribution in [0.15, 0.2) is 28.2 Å². The number of hydrogen-bond acceptors (Lipinski definition) is 5. The van der Waals surface area contributed by atoms with Crippen LogP contribution in [-0.2, 0) is 16.1 Å². The summed E-state index contributed by atoms with van der Waals surface area (Å²) in [5.74, 6) is -0.353. The lowest BCUT2D eigenvalue weighted by atomic mass is 10.2. The molecule has 1 heterocycles. The van der Waals surface area contributed by atoms with Crippen molar-refractivity contribution < 1.29 is 9.53 Å². The highest BCUT2D eigenvalue weighted by atomic mass is 35.5. The highest BCUT2D eigenvalue weighted by molar-refractivity contribution is 8.00. The molecule has 1 unspecified atom stereocenters. The van der Waals surface area contributed by atoms with Crippen LogP contribution in [0.2, 0.25) is 5.02 Å². The number of esters is 1. The zero-order valence-corrected chi connectivity index (χ0v) is 14.2. The molecule has 0 aliphatic rings. The van der Waals surface area contributed by atoms with Crippen molar-refractivity contribution in [3.8, 4) is 0 Å². The largest absolute Gasteiger partial charge is 0.468 e. The third-order valence-corrected chi connectivity index (χ3v) is 4.45. The molecule has 0 bridgehead atoms. The first-order chi connectivity index (χ1) is 10.5. The van der Waals surface area contributed by atoms with Crippen LogP contribution in [0.1, 0.15) is 20.3 Å². The van der Waals surface area contributed by atoms with Crippen LogP contribution in [0.4, 0.5) is 0 Å². The van der Waals surface area contributed by atoms with Gasteiger partial charge >= 0.3 is 5.97 Å². The van der Waals surface area contributed by atoms with Crippen molar-refractivity contribution in [2.75, 3.05) is 7.11 Å². The Morgan fingerprint density at radius 3 is 2.86 bits per heavy atom. The Bertz CT molecular complexity index is 760. The fourth-order valence-electron chi connectivity index (χ4n) is 2.06. The van der Waals surface area contributed by atoms with E-state index in [0.29, 0.717) is 27.6 Å². The molecule has 5 nitrogen and oxygen atoms in total. The first-order valence-electron chi connectivity index (χ1n) is 6.92. The van der Waals surface area contributed by atoms with Gasteiger partial charge in [0.2, 0.25) is 0 Å². The molecular formula is C15H17ClN2O3S. The Hall–Kier alpha value is -1.53. The number of rotatable bonds is 5. The first kappa shape index (κ1) is 16.8. The van der Waals surface area contributed by atoms with E-state index in [1.807, 2.05) is 6.92 Å². The molecule has 22 heavy (non-hydrogen) atoms. The van der Waals surface area contributed by atoms with E-state index < -0.39 is 5.25 Å². The van der Waals surface area contributed by atoms with E-state index >= 15 is 0 Å². The Kier molecular flexibility index (Phi) is 5.47. The summed E-state index contributed by atoms with van der Waals surface area (Å²) < 4.78 is 6.32. The molecule has 0 fully saturated rings. The number of methoxy groups -OCH3 is 1. The molecule has 1 aromatic heterocycles. The van der Waals surface area contributed by atoms with Gasteiger partial charge in [-0.05, 0) is 31.5 Å². The van der Waals surface area contributed by atoms with E-state index in [2.05, 4.69) is 4.98 Å². The number of thioether (sulfide) groups is 1. The van der Waals surface area contributed by atoms with Gasteiger partial charge < -0.3 is 4.74 Å². The molecule has 0 saturated heterocycles. The smallest absolute Gasteiger partial charge is 0.318 e. The summed E-state index contributed by atoms with van der Waals surface area (Å²) in [6.45, 7) is 4.25. The number of carbonyl (C=O) groups is 1. The maximum atomic E-state index is 12.6. The molecule has 118 valence electrons. The van der Waals surface area contributed by atoms with Crippen LogP contribution < -0.4 is 5.56 Å². The Labute approximate surface area is 137 Å². The SMILES string of the molecule is CCCn1c(SC(C)C(=O)OC)nc2cc(Cl)ccc2c1=O. The Morgan fingerprint density at radius 1 is 1.50 bits per heavy atom. The molecule has 0 N–H and O–H groups in total. The van der Waals surface area contributed by atoms with Crippen LogP contribution in [0.5, 0.6) is 0 Å². The van der Waals surface area contributed by atoms with Crippen LogP contribution in [-0.4, -0.2) is 27.9 Å². The number of carbonyl (C=O) groups excluding carboxylic acids is 1. The topological polar surface area (TPSA) is 61.2 Å². The number of nitrogens with zero attached hydrogens (tertiary/aromatic N) is 2. The first-order valence-corrected chi connectivity index (χ1v) is 8.18. The number of aromatic nitrogens is 2. The molecule has 1 atom stereocenters. The average Bonchev–Trinajstić information content (AvgIpc) is 2.49.